The summed E-state index contributed by atoms with van der Waals surface area (Å²) in [7, 11) is 0. The summed E-state index contributed by atoms with van der Waals surface area (Å²) in [5, 5.41) is 8.61. The smallest absolute Gasteiger partial charge is 0.253 e. The van der Waals surface area contributed by atoms with Gasteiger partial charge in [-0.15, -0.1) is 0 Å². The van der Waals surface area contributed by atoms with Crippen LogP contribution in [0.1, 0.15) is 56.8 Å². The first-order chi connectivity index (χ1) is 10.9. The van der Waals surface area contributed by atoms with Crippen molar-refractivity contribution in [1.82, 2.24) is 10.6 Å². The molecule has 6 heteroatoms. The molecule has 0 spiro atoms. The Morgan fingerprint density at radius 1 is 1.17 bits per heavy atom. The van der Waals surface area contributed by atoms with Crippen LogP contribution >= 0.6 is 12.2 Å². The normalized spacial score (nSPS) is 10.3. The number of benzene rings is 1. The Morgan fingerprint density at radius 3 is 2.52 bits per heavy atom. The third-order valence-corrected chi connectivity index (χ3v) is 3.30. The molecule has 0 aliphatic heterocycles. The van der Waals surface area contributed by atoms with Crippen LogP contribution in [0, 0.1) is 0 Å². The minimum absolute atomic E-state index is 0.0424. The van der Waals surface area contributed by atoms with E-state index in [9.17, 15) is 9.59 Å². The maximum atomic E-state index is 12.2. The van der Waals surface area contributed by atoms with Crippen molar-refractivity contribution in [3.05, 3.63) is 29.8 Å². The molecule has 0 radical (unpaired) electrons. The molecule has 1 aromatic rings. The third-order valence-electron chi connectivity index (χ3n) is 3.10. The first-order valence-corrected chi connectivity index (χ1v) is 8.35. The van der Waals surface area contributed by atoms with Gasteiger partial charge in [0.1, 0.15) is 0 Å². The molecule has 0 unspecified atom stereocenters. The number of thiocarbonyl (C=S) groups is 1. The molecule has 0 bridgehead atoms. The second-order valence-electron chi connectivity index (χ2n) is 5.63. The van der Waals surface area contributed by atoms with E-state index in [0.29, 0.717) is 17.7 Å². The highest BCUT2D eigenvalue weighted by atomic mass is 32.1. The predicted octanol–water partition coefficient (Wildman–Crippen LogP) is 3.22. The van der Waals surface area contributed by atoms with E-state index in [2.05, 4.69) is 22.9 Å². The lowest BCUT2D eigenvalue weighted by atomic mass is 10.1. The molecule has 1 rings (SSSR count). The molecule has 0 atom stereocenters. The largest absolute Gasteiger partial charge is 0.350 e. The number of anilines is 1. The van der Waals surface area contributed by atoms with Gasteiger partial charge in [-0.2, -0.15) is 0 Å². The van der Waals surface area contributed by atoms with Gasteiger partial charge in [-0.05, 0) is 44.6 Å². The van der Waals surface area contributed by atoms with Gasteiger partial charge in [0.2, 0.25) is 5.91 Å². The zero-order valence-corrected chi connectivity index (χ0v) is 14.8. The van der Waals surface area contributed by atoms with E-state index in [0.717, 1.165) is 19.3 Å². The van der Waals surface area contributed by atoms with Gasteiger partial charge in [0, 0.05) is 12.5 Å². The lowest BCUT2D eigenvalue weighted by Crippen LogP contribution is -2.35. The van der Waals surface area contributed by atoms with Crippen molar-refractivity contribution in [2.24, 2.45) is 0 Å². The first-order valence-electron chi connectivity index (χ1n) is 7.94. The van der Waals surface area contributed by atoms with Crippen LogP contribution in [0.15, 0.2) is 24.3 Å². The van der Waals surface area contributed by atoms with Crippen LogP contribution in [0.5, 0.6) is 0 Å². The first kappa shape index (κ1) is 19.1. The van der Waals surface area contributed by atoms with Gasteiger partial charge in [0.25, 0.3) is 5.91 Å². The number of unbranched alkanes of at least 4 members (excludes halogenated alkanes) is 2. The number of carbonyl (C=O) groups excluding carboxylic acids is 2. The van der Waals surface area contributed by atoms with Gasteiger partial charge in [0.15, 0.2) is 5.11 Å². The third kappa shape index (κ3) is 7.23. The van der Waals surface area contributed by atoms with Crippen molar-refractivity contribution < 1.29 is 9.59 Å². The number of carbonyl (C=O) groups is 2. The number of nitrogens with one attached hydrogen (secondary N) is 3. The van der Waals surface area contributed by atoms with Gasteiger partial charge in [-0.3, -0.25) is 9.59 Å². The van der Waals surface area contributed by atoms with Crippen LogP contribution in [0.3, 0.4) is 0 Å². The summed E-state index contributed by atoms with van der Waals surface area (Å²) in [6.45, 7) is 5.88. The molecule has 2 amide bonds. The summed E-state index contributed by atoms with van der Waals surface area (Å²) >= 11 is 5.15. The van der Waals surface area contributed by atoms with E-state index >= 15 is 0 Å². The van der Waals surface area contributed by atoms with Crippen molar-refractivity contribution >= 4 is 34.8 Å². The molecule has 0 saturated heterocycles. The number of para-hydroxylation sites is 1. The quantitative estimate of drug-likeness (QED) is 0.528. The standard InChI is InChI=1S/C17H25N3O2S/c1-4-5-6-11-15(21)20-17(23)19-14-10-8-7-9-13(14)16(22)18-12(2)3/h7-10,12H,4-6,11H2,1-3H3,(H,18,22)(H2,19,20,21,23). The summed E-state index contributed by atoms with van der Waals surface area (Å²) in [6.07, 6.45) is 3.38. The van der Waals surface area contributed by atoms with Crippen molar-refractivity contribution in [3.8, 4) is 0 Å². The summed E-state index contributed by atoms with van der Waals surface area (Å²) in [4.78, 5) is 23.9. The lowest BCUT2D eigenvalue weighted by molar-refractivity contribution is -0.119. The maximum absolute atomic E-state index is 12.2. The zero-order valence-electron chi connectivity index (χ0n) is 13.9. The minimum Gasteiger partial charge on any atom is -0.350 e. The molecule has 0 aromatic heterocycles. The predicted molar refractivity (Wildman–Crippen MR) is 97.5 cm³/mol. The SMILES string of the molecule is CCCCCC(=O)NC(=S)Nc1ccccc1C(=O)NC(C)C. The average Bonchev–Trinajstić information content (AvgIpc) is 2.47. The molecular weight excluding hydrogens is 310 g/mol. The summed E-state index contributed by atoms with van der Waals surface area (Å²) in [5.41, 5.74) is 1.06. The molecule has 0 saturated carbocycles. The van der Waals surface area contributed by atoms with Crippen molar-refractivity contribution in [3.63, 3.8) is 0 Å². The van der Waals surface area contributed by atoms with Gasteiger partial charge < -0.3 is 16.0 Å². The minimum atomic E-state index is -0.180. The highest BCUT2D eigenvalue weighted by molar-refractivity contribution is 7.80. The monoisotopic (exact) mass is 335 g/mol. The van der Waals surface area contributed by atoms with Crippen LogP contribution in [-0.2, 0) is 4.79 Å². The van der Waals surface area contributed by atoms with E-state index in [1.807, 2.05) is 13.8 Å². The lowest BCUT2D eigenvalue weighted by Gasteiger charge is -2.14. The van der Waals surface area contributed by atoms with Gasteiger partial charge in [-0.25, -0.2) is 0 Å². The van der Waals surface area contributed by atoms with Crippen LogP contribution in [0.2, 0.25) is 0 Å². The Bertz CT molecular complexity index is 559. The van der Waals surface area contributed by atoms with Crippen molar-refractivity contribution in [2.45, 2.75) is 52.5 Å². The van der Waals surface area contributed by atoms with Crippen LogP contribution in [-0.4, -0.2) is 23.0 Å². The zero-order chi connectivity index (χ0) is 17.2. The number of amides is 2. The van der Waals surface area contributed by atoms with E-state index in [1.165, 1.54) is 0 Å². The Morgan fingerprint density at radius 2 is 1.87 bits per heavy atom. The number of hydrogen-bond donors (Lipinski definition) is 3. The second kappa shape index (κ2) is 9.94. The molecule has 126 valence electrons. The summed E-state index contributed by atoms with van der Waals surface area (Å²) in [6, 6.07) is 7.10. The molecular formula is C17H25N3O2S. The van der Waals surface area contributed by atoms with E-state index in [-0.39, 0.29) is 23.0 Å². The van der Waals surface area contributed by atoms with Gasteiger partial charge in [0.05, 0.1) is 11.3 Å². The Labute approximate surface area is 143 Å². The molecule has 5 nitrogen and oxygen atoms in total. The van der Waals surface area contributed by atoms with Gasteiger partial charge >= 0.3 is 0 Å². The Balaban J connectivity index is 2.64. The topological polar surface area (TPSA) is 70.2 Å². The molecule has 0 fully saturated rings. The summed E-state index contributed by atoms with van der Waals surface area (Å²) in [5.74, 6) is -0.291. The Hall–Kier alpha value is -1.95. The highest BCUT2D eigenvalue weighted by Gasteiger charge is 2.13. The molecule has 0 heterocycles. The summed E-state index contributed by atoms with van der Waals surface area (Å²) < 4.78 is 0. The van der Waals surface area contributed by atoms with Crippen LogP contribution in [0.4, 0.5) is 5.69 Å². The van der Waals surface area contributed by atoms with Crippen molar-refractivity contribution in [1.29, 1.82) is 0 Å². The van der Waals surface area contributed by atoms with Crippen LogP contribution in [0.25, 0.3) is 0 Å². The van der Waals surface area contributed by atoms with Gasteiger partial charge in [-0.1, -0.05) is 31.9 Å². The molecule has 3 N–H and O–H groups in total. The Kier molecular flexibility index (Phi) is 8.26. The average molecular weight is 335 g/mol. The maximum Gasteiger partial charge on any atom is 0.253 e. The fourth-order valence-corrected chi connectivity index (χ4v) is 2.23. The fourth-order valence-electron chi connectivity index (χ4n) is 2.01. The highest BCUT2D eigenvalue weighted by Crippen LogP contribution is 2.15. The number of rotatable bonds is 7. The molecule has 23 heavy (non-hydrogen) atoms. The van der Waals surface area contributed by atoms with Crippen LogP contribution < -0.4 is 16.0 Å². The fraction of sp³-hybridized carbons (Fsp3) is 0.471. The van der Waals surface area contributed by atoms with E-state index in [1.54, 1.807) is 24.3 Å². The van der Waals surface area contributed by atoms with Crippen molar-refractivity contribution in [2.75, 3.05) is 5.32 Å². The number of hydrogen-bond acceptors (Lipinski definition) is 3. The molecule has 0 aliphatic rings. The second-order valence-corrected chi connectivity index (χ2v) is 6.04. The molecule has 0 aliphatic carbocycles. The van der Waals surface area contributed by atoms with E-state index < -0.39 is 0 Å². The molecule has 1 aromatic carbocycles. The van der Waals surface area contributed by atoms with E-state index in [4.69, 9.17) is 12.2 Å².